The maximum absolute atomic E-state index is 12.5. The van der Waals surface area contributed by atoms with Gasteiger partial charge in [0.25, 0.3) is 0 Å². The minimum absolute atomic E-state index is 0.00607. The van der Waals surface area contributed by atoms with E-state index in [1.165, 1.54) is 0 Å². The van der Waals surface area contributed by atoms with Crippen LogP contribution < -0.4 is 14.2 Å². The van der Waals surface area contributed by atoms with E-state index in [0.29, 0.717) is 36.0 Å². The lowest BCUT2D eigenvalue weighted by Gasteiger charge is -2.21. The van der Waals surface area contributed by atoms with Crippen LogP contribution in [0.25, 0.3) is 0 Å². The molecule has 1 fully saturated rings. The van der Waals surface area contributed by atoms with E-state index >= 15 is 0 Å². The van der Waals surface area contributed by atoms with Gasteiger partial charge in [-0.15, -0.1) is 0 Å². The second-order valence-electron chi connectivity index (χ2n) is 4.66. The van der Waals surface area contributed by atoms with Gasteiger partial charge in [0.05, 0.1) is 21.3 Å². The Hall–Kier alpha value is -1.75. The van der Waals surface area contributed by atoms with Crippen molar-refractivity contribution in [3.05, 3.63) is 17.7 Å². The summed E-state index contributed by atoms with van der Waals surface area (Å²) in [6.45, 7) is 1.28. The molecular formula is C15H20O5. The van der Waals surface area contributed by atoms with Gasteiger partial charge in [-0.05, 0) is 25.0 Å². The zero-order chi connectivity index (χ0) is 14.5. The third-order valence-corrected chi connectivity index (χ3v) is 3.54. The first kappa shape index (κ1) is 14.7. The maximum atomic E-state index is 12.5. The summed E-state index contributed by atoms with van der Waals surface area (Å²) in [7, 11) is 4.63. The summed E-state index contributed by atoms with van der Waals surface area (Å²) in [6.07, 6.45) is 1.52. The molecule has 0 atom stereocenters. The fraction of sp³-hybridized carbons (Fsp3) is 0.533. The van der Waals surface area contributed by atoms with E-state index in [1.54, 1.807) is 33.5 Å². The van der Waals surface area contributed by atoms with Crippen LogP contribution in [0.3, 0.4) is 0 Å². The summed E-state index contributed by atoms with van der Waals surface area (Å²) in [4.78, 5) is 12.5. The first-order chi connectivity index (χ1) is 9.71. The molecule has 1 aromatic carbocycles. The molecule has 1 aromatic rings. The SMILES string of the molecule is COc1cc(C(=O)C2CCOCC2)cc(OC)c1OC. The van der Waals surface area contributed by atoms with Gasteiger partial charge >= 0.3 is 0 Å². The third kappa shape index (κ3) is 2.88. The quantitative estimate of drug-likeness (QED) is 0.775. The van der Waals surface area contributed by atoms with Gasteiger partial charge in [0, 0.05) is 24.7 Å². The van der Waals surface area contributed by atoms with Crippen LogP contribution in [0.2, 0.25) is 0 Å². The number of methoxy groups -OCH3 is 3. The van der Waals surface area contributed by atoms with Crippen LogP contribution >= 0.6 is 0 Å². The van der Waals surface area contributed by atoms with Crippen LogP contribution in [0.15, 0.2) is 12.1 Å². The highest BCUT2D eigenvalue weighted by molar-refractivity contribution is 5.99. The molecule has 0 radical (unpaired) electrons. The van der Waals surface area contributed by atoms with Gasteiger partial charge < -0.3 is 18.9 Å². The number of hydrogen-bond acceptors (Lipinski definition) is 5. The Labute approximate surface area is 118 Å². The molecule has 1 aliphatic rings. The van der Waals surface area contributed by atoms with Crippen LogP contribution in [0, 0.1) is 5.92 Å². The van der Waals surface area contributed by atoms with Gasteiger partial charge in [-0.25, -0.2) is 0 Å². The standard InChI is InChI=1S/C15H20O5/c1-17-12-8-11(9-13(18-2)15(12)19-3)14(16)10-4-6-20-7-5-10/h8-10H,4-7H2,1-3H3. The molecule has 5 heteroatoms. The van der Waals surface area contributed by atoms with Gasteiger partial charge in [-0.1, -0.05) is 0 Å². The Morgan fingerprint density at radius 1 is 1.05 bits per heavy atom. The van der Waals surface area contributed by atoms with E-state index in [9.17, 15) is 4.79 Å². The molecular weight excluding hydrogens is 260 g/mol. The van der Waals surface area contributed by atoms with E-state index in [4.69, 9.17) is 18.9 Å². The molecule has 0 saturated carbocycles. The van der Waals surface area contributed by atoms with Crippen molar-refractivity contribution >= 4 is 5.78 Å². The number of carbonyl (C=O) groups is 1. The summed E-state index contributed by atoms with van der Waals surface area (Å²) in [5.41, 5.74) is 0.589. The highest BCUT2D eigenvalue weighted by atomic mass is 16.5. The molecule has 1 saturated heterocycles. The highest BCUT2D eigenvalue weighted by Gasteiger charge is 2.25. The van der Waals surface area contributed by atoms with E-state index in [-0.39, 0.29) is 11.7 Å². The van der Waals surface area contributed by atoms with Crippen molar-refractivity contribution in [2.75, 3.05) is 34.5 Å². The number of ether oxygens (including phenoxy) is 4. The van der Waals surface area contributed by atoms with Crippen molar-refractivity contribution in [2.24, 2.45) is 5.92 Å². The van der Waals surface area contributed by atoms with Crippen molar-refractivity contribution < 1.29 is 23.7 Å². The van der Waals surface area contributed by atoms with Crippen LogP contribution in [-0.4, -0.2) is 40.3 Å². The molecule has 0 amide bonds. The number of ketones is 1. The Balaban J connectivity index is 2.33. The zero-order valence-electron chi connectivity index (χ0n) is 12.1. The monoisotopic (exact) mass is 280 g/mol. The smallest absolute Gasteiger partial charge is 0.203 e. The fourth-order valence-corrected chi connectivity index (χ4v) is 2.42. The first-order valence-electron chi connectivity index (χ1n) is 6.63. The van der Waals surface area contributed by atoms with E-state index in [0.717, 1.165) is 12.8 Å². The number of carbonyl (C=O) groups excluding carboxylic acids is 1. The van der Waals surface area contributed by atoms with Gasteiger partial charge in [0.15, 0.2) is 17.3 Å². The molecule has 0 unspecified atom stereocenters. The Morgan fingerprint density at radius 2 is 1.60 bits per heavy atom. The largest absolute Gasteiger partial charge is 0.493 e. The molecule has 1 heterocycles. The molecule has 1 aliphatic heterocycles. The Kier molecular flexibility index (Phi) is 4.84. The molecule has 20 heavy (non-hydrogen) atoms. The molecule has 0 aliphatic carbocycles. The van der Waals surface area contributed by atoms with Gasteiger partial charge in [-0.2, -0.15) is 0 Å². The molecule has 0 aromatic heterocycles. The zero-order valence-corrected chi connectivity index (χ0v) is 12.1. The average molecular weight is 280 g/mol. The van der Waals surface area contributed by atoms with Crippen LogP contribution in [-0.2, 0) is 4.74 Å². The Bertz CT molecular complexity index is 452. The molecule has 0 bridgehead atoms. The lowest BCUT2D eigenvalue weighted by molar-refractivity contribution is 0.0544. The van der Waals surface area contributed by atoms with Crippen LogP contribution in [0.5, 0.6) is 17.2 Å². The predicted molar refractivity (Wildman–Crippen MR) is 74.0 cm³/mol. The molecule has 0 N–H and O–H groups in total. The minimum Gasteiger partial charge on any atom is -0.493 e. The predicted octanol–water partition coefficient (Wildman–Crippen LogP) is 2.32. The number of hydrogen-bond donors (Lipinski definition) is 0. The Morgan fingerprint density at radius 3 is 2.05 bits per heavy atom. The summed E-state index contributed by atoms with van der Waals surface area (Å²) in [5.74, 6) is 1.61. The number of Topliss-reactive ketones (excluding diaryl/α,β-unsaturated/α-hetero) is 1. The molecule has 0 spiro atoms. The van der Waals surface area contributed by atoms with Crippen LogP contribution in [0.1, 0.15) is 23.2 Å². The van der Waals surface area contributed by atoms with E-state index < -0.39 is 0 Å². The van der Waals surface area contributed by atoms with Gasteiger partial charge in [0.2, 0.25) is 5.75 Å². The highest BCUT2D eigenvalue weighted by Crippen LogP contribution is 2.39. The normalized spacial score (nSPS) is 15.8. The summed E-state index contributed by atoms with van der Waals surface area (Å²) >= 11 is 0. The van der Waals surface area contributed by atoms with Crippen molar-refractivity contribution in [1.29, 1.82) is 0 Å². The van der Waals surface area contributed by atoms with Crippen molar-refractivity contribution in [2.45, 2.75) is 12.8 Å². The second-order valence-corrected chi connectivity index (χ2v) is 4.66. The van der Waals surface area contributed by atoms with Crippen molar-refractivity contribution in [1.82, 2.24) is 0 Å². The van der Waals surface area contributed by atoms with Crippen molar-refractivity contribution in [3.8, 4) is 17.2 Å². The fourth-order valence-electron chi connectivity index (χ4n) is 2.42. The number of benzene rings is 1. The topological polar surface area (TPSA) is 54.0 Å². The first-order valence-corrected chi connectivity index (χ1v) is 6.63. The van der Waals surface area contributed by atoms with Gasteiger partial charge in [0.1, 0.15) is 0 Å². The molecule has 5 nitrogen and oxygen atoms in total. The van der Waals surface area contributed by atoms with E-state index in [1.807, 2.05) is 0 Å². The molecule has 2 rings (SSSR count). The van der Waals surface area contributed by atoms with E-state index in [2.05, 4.69) is 0 Å². The minimum atomic E-state index is 0.00607. The lowest BCUT2D eigenvalue weighted by Crippen LogP contribution is -2.23. The molecule has 110 valence electrons. The lowest BCUT2D eigenvalue weighted by atomic mass is 9.90. The average Bonchev–Trinajstić information content (AvgIpc) is 2.53. The van der Waals surface area contributed by atoms with Gasteiger partial charge in [-0.3, -0.25) is 4.79 Å². The summed E-state index contributed by atoms with van der Waals surface area (Å²) < 4.78 is 21.1. The summed E-state index contributed by atoms with van der Waals surface area (Å²) in [5, 5.41) is 0. The van der Waals surface area contributed by atoms with Crippen LogP contribution in [0.4, 0.5) is 0 Å². The number of rotatable bonds is 5. The summed E-state index contributed by atoms with van der Waals surface area (Å²) in [6, 6.07) is 3.41. The third-order valence-electron chi connectivity index (χ3n) is 3.54. The van der Waals surface area contributed by atoms with Crippen molar-refractivity contribution in [3.63, 3.8) is 0 Å². The maximum Gasteiger partial charge on any atom is 0.203 e. The second kappa shape index (κ2) is 6.61.